The maximum atomic E-state index is 13.3. The second-order valence-corrected chi connectivity index (χ2v) is 6.27. The second kappa shape index (κ2) is 7.03. The van der Waals surface area contributed by atoms with Crippen molar-refractivity contribution in [3.63, 3.8) is 0 Å². The highest BCUT2D eigenvalue weighted by Gasteiger charge is 2.40. The van der Waals surface area contributed by atoms with E-state index in [1.54, 1.807) is 17.0 Å². The first-order chi connectivity index (χ1) is 12.8. The van der Waals surface area contributed by atoms with Crippen LogP contribution in [0.4, 0.5) is 5.69 Å². The molecule has 0 aliphatic carbocycles. The van der Waals surface area contributed by atoms with Crippen molar-refractivity contribution < 1.29 is 9.53 Å². The van der Waals surface area contributed by atoms with Crippen LogP contribution in [-0.4, -0.2) is 43.3 Å². The number of para-hydroxylation sites is 1. The van der Waals surface area contributed by atoms with Crippen molar-refractivity contribution in [2.24, 2.45) is 0 Å². The molecule has 0 spiro atoms. The van der Waals surface area contributed by atoms with Crippen molar-refractivity contribution in [2.45, 2.75) is 6.17 Å². The zero-order valence-electron chi connectivity index (χ0n) is 14.3. The Kier molecular flexibility index (Phi) is 4.42. The van der Waals surface area contributed by atoms with E-state index in [2.05, 4.69) is 9.74 Å². The van der Waals surface area contributed by atoms with E-state index in [1.807, 2.05) is 48.5 Å². The zero-order valence-corrected chi connectivity index (χ0v) is 14.3. The number of rotatable bonds is 2. The van der Waals surface area contributed by atoms with Gasteiger partial charge in [0.2, 0.25) is 0 Å². The van der Waals surface area contributed by atoms with E-state index in [0.29, 0.717) is 18.8 Å². The number of nitrogens with zero attached hydrogens (tertiary/aromatic N) is 3. The average molecular weight is 345 g/mol. The summed E-state index contributed by atoms with van der Waals surface area (Å²) in [5.41, 5.74) is 3.18. The molecule has 1 unspecified atom stereocenters. The van der Waals surface area contributed by atoms with Gasteiger partial charge in [-0.1, -0.05) is 36.4 Å². The van der Waals surface area contributed by atoms with Crippen LogP contribution < -0.4 is 4.90 Å². The Balaban J connectivity index is 1.81. The Hall–Kier alpha value is -3.10. The first-order valence-corrected chi connectivity index (χ1v) is 8.68. The van der Waals surface area contributed by atoms with Crippen LogP contribution in [0.25, 0.3) is 10.9 Å². The summed E-state index contributed by atoms with van der Waals surface area (Å²) >= 11 is 0. The Bertz CT molecular complexity index is 880. The van der Waals surface area contributed by atoms with Gasteiger partial charge in [0, 0.05) is 24.2 Å². The molecule has 5 heteroatoms. The Morgan fingerprint density at radius 2 is 1.73 bits per heavy atom. The number of carbonyl (C=O) groups is 1. The molecule has 2 aromatic rings. The van der Waals surface area contributed by atoms with Gasteiger partial charge >= 0.3 is 6.17 Å². The monoisotopic (exact) mass is 345 g/mol. The van der Waals surface area contributed by atoms with Gasteiger partial charge in [0.1, 0.15) is 5.70 Å². The maximum absolute atomic E-state index is 13.3. The molecule has 1 saturated heterocycles. The normalized spacial score (nSPS) is 19.3. The molecule has 1 amide bonds. The minimum atomic E-state index is -0.671. The first kappa shape index (κ1) is 16.4. The molecular formula is C21H19N3O2. The van der Waals surface area contributed by atoms with Crippen molar-refractivity contribution in [2.75, 3.05) is 31.2 Å². The lowest BCUT2D eigenvalue weighted by Crippen LogP contribution is -2.48. The molecule has 0 bridgehead atoms. The van der Waals surface area contributed by atoms with Gasteiger partial charge in [-0.05, 0) is 24.3 Å². The van der Waals surface area contributed by atoms with Crippen LogP contribution in [0, 0.1) is 6.57 Å². The predicted octanol–water partition coefficient (Wildman–Crippen LogP) is 3.27. The summed E-state index contributed by atoms with van der Waals surface area (Å²) in [7, 11) is 0. The molecule has 1 atom stereocenters. The van der Waals surface area contributed by atoms with Gasteiger partial charge in [0.05, 0.1) is 18.9 Å². The number of ether oxygens (including phenoxy) is 1. The molecule has 2 aliphatic rings. The molecule has 5 nitrogen and oxygen atoms in total. The number of benzene rings is 2. The standard InChI is InChI=1S/C21H19N3O2/c1-22-20-19(23-11-13-26-14-12-23)15-17-9-5-6-10-18(17)24(20)21(25)16-7-3-2-4-8-16/h2-10,15,20H,11-14H2. The molecule has 0 aromatic heterocycles. The zero-order chi connectivity index (χ0) is 17.9. The quantitative estimate of drug-likeness (QED) is 0.784. The molecule has 1 fully saturated rings. The van der Waals surface area contributed by atoms with Crippen molar-refractivity contribution in [3.8, 4) is 0 Å². The van der Waals surface area contributed by atoms with Gasteiger partial charge in [0.15, 0.2) is 0 Å². The Labute approximate surface area is 152 Å². The van der Waals surface area contributed by atoms with Crippen LogP contribution in [0.1, 0.15) is 15.9 Å². The van der Waals surface area contributed by atoms with Gasteiger partial charge in [-0.3, -0.25) is 9.64 Å². The molecule has 0 N–H and O–H groups in total. The second-order valence-electron chi connectivity index (χ2n) is 6.27. The van der Waals surface area contributed by atoms with Gasteiger partial charge in [-0.25, -0.2) is 11.5 Å². The van der Waals surface area contributed by atoms with Crippen LogP contribution in [0.5, 0.6) is 0 Å². The Morgan fingerprint density at radius 1 is 1.04 bits per heavy atom. The molecule has 0 saturated carbocycles. The van der Waals surface area contributed by atoms with E-state index < -0.39 is 6.17 Å². The lowest BCUT2D eigenvalue weighted by atomic mass is 10.0. The number of hydrogen-bond donors (Lipinski definition) is 0. The Morgan fingerprint density at radius 3 is 2.46 bits per heavy atom. The van der Waals surface area contributed by atoms with Gasteiger partial charge in [0.25, 0.3) is 5.91 Å². The minimum Gasteiger partial charge on any atom is -0.378 e. The fourth-order valence-electron chi connectivity index (χ4n) is 3.47. The summed E-state index contributed by atoms with van der Waals surface area (Å²) < 4.78 is 5.45. The topological polar surface area (TPSA) is 37.1 Å². The van der Waals surface area contributed by atoms with Gasteiger partial charge in [-0.15, -0.1) is 0 Å². The van der Waals surface area contributed by atoms with Crippen LogP contribution in [-0.2, 0) is 4.74 Å². The SMILES string of the molecule is [C-]#[N+]C1C(N2CCOCC2)=Cc2ccccc2N1C(=O)c1ccccc1. The third kappa shape index (κ3) is 2.85. The molecule has 4 rings (SSSR count). The highest BCUT2D eigenvalue weighted by molar-refractivity contribution is 6.09. The van der Waals surface area contributed by atoms with Gasteiger partial charge in [-0.2, -0.15) is 0 Å². The van der Waals surface area contributed by atoms with E-state index in [9.17, 15) is 4.79 Å². The van der Waals surface area contributed by atoms with E-state index in [4.69, 9.17) is 11.3 Å². The fraction of sp³-hybridized carbons (Fsp3) is 0.238. The van der Waals surface area contributed by atoms with Crippen LogP contribution in [0.2, 0.25) is 0 Å². The molecular weight excluding hydrogens is 326 g/mol. The highest BCUT2D eigenvalue weighted by Crippen LogP contribution is 2.36. The minimum absolute atomic E-state index is 0.155. The number of amides is 1. The van der Waals surface area contributed by atoms with E-state index in [1.165, 1.54) is 0 Å². The number of hydrogen-bond acceptors (Lipinski definition) is 3. The molecule has 0 radical (unpaired) electrons. The molecule has 2 aliphatic heterocycles. The lowest BCUT2D eigenvalue weighted by molar-refractivity contribution is 0.0519. The number of carbonyl (C=O) groups excluding carboxylic acids is 1. The van der Waals surface area contributed by atoms with Crippen LogP contribution in [0.3, 0.4) is 0 Å². The summed E-state index contributed by atoms with van der Waals surface area (Å²) in [6.07, 6.45) is 1.37. The van der Waals surface area contributed by atoms with Crippen molar-refractivity contribution >= 4 is 17.7 Å². The van der Waals surface area contributed by atoms with E-state index in [0.717, 1.165) is 30.0 Å². The number of morpholine rings is 1. The van der Waals surface area contributed by atoms with E-state index >= 15 is 0 Å². The van der Waals surface area contributed by atoms with E-state index in [-0.39, 0.29) is 5.91 Å². The highest BCUT2D eigenvalue weighted by atomic mass is 16.5. The third-order valence-corrected chi connectivity index (χ3v) is 4.75. The number of fused-ring (bicyclic) bond motifs is 1. The smallest absolute Gasteiger partial charge is 0.345 e. The van der Waals surface area contributed by atoms with Crippen LogP contribution >= 0.6 is 0 Å². The first-order valence-electron chi connectivity index (χ1n) is 8.68. The molecule has 2 heterocycles. The van der Waals surface area contributed by atoms with Crippen molar-refractivity contribution in [1.29, 1.82) is 0 Å². The number of anilines is 1. The summed E-state index contributed by atoms with van der Waals surface area (Å²) in [5.74, 6) is -0.155. The van der Waals surface area contributed by atoms with Crippen LogP contribution in [0.15, 0.2) is 60.3 Å². The largest absolute Gasteiger partial charge is 0.378 e. The molecule has 130 valence electrons. The van der Waals surface area contributed by atoms with Gasteiger partial charge < -0.3 is 9.64 Å². The predicted molar refractivity (Wildman–Crippen MR) is 100 cm³/mol. The maximum Gasteiger partial charge on any atom is 0.345 e. The summed E-state index contributed by atoms with van der Waals surface area (Å²) in [6.45, 7) is 10.5. The fourth-order valence-corrected chi connectivity index (χ4v) is 3.47. The summed E-state index contributed by atoms with van der Waals surface area (Å²) in [5, 5.41) is 0. The summed E-state index contributed by atoms with van der Waals surface area (Å²) in [4.78, 5) is 20.9. The molecule has 26 heavy (non-hydrogen) atoms. The molecule has 2 aromatic carbocycles. The average Bonchev–Trinajstić information content (AvgIpc) is 2.73. The third-order valence-electron chi connectivity index (χ3n) is 4.75. The van der Waals surface area contributed by atoms with Crippen molar-refractivity contribution in [1.82, 2.24) is 4.90 Å². The summed E-state index contributed by atoms with van der Waals surface area (Å²) in [6, 6.07) is 16.9. The lowest BCUT2D eigenvalue weighted by Gasteiger charge is -2.37. The van der Waals surface area contributed by atoms with Crippen molar-refractivity contribution in [3.05, 3.63) is 82.8 Å².